The summed E-state index contributed by atoms with van der Waals surface area (Å²) < 4.78 is 5.68. The van der Waals surface area contributed by atoms with Crippen LogP contribution in [0.25, 0.3) is 0 Å². The predicted octanol–water partition coefficient (Wildman–Crippen LogP) is 2.93. The van der Waals surface area contributed by atoms with Gasteiger partial charge in [-0.1, -0.05) is 18.2 Å². The fraction of sp³-hybridized carbons (Fsp3) is 0. The molecule has 3 aromatic carbocycles. The maximum atomic E-state index is 12.5. The van der Waals surface area contributed by atoms with Crippen LogP contribution >= 0.6 is 0 Å². The Morgan fingerprint density at radius 3 is 1.75 bits per heavy atom. The highest BCUT2D eigenvalue weighted by molar-refractivity contribution is 6.06. The molecule has 28 heavy (non-hydrogen) atoms. The van der Waals surface area contributed by atoms with Crippen LogP contribution < -0.4 is 21.5 Å². The number of hydrogen-bond donors (Lipinski definition) is 3. The van der Waals surface area contributed by atoms with E-state index in [1.807, 2.05) is 30.3 Å². The van der Waals surface area contributed by atoms with Crippen LogP contribution in [-0.4, -0.2) is 17.7 Å². The molecular formula is C21H17N3O4. The average molecular weight is 375 g/mol. The molecule has 0 unspecified atom stereocenters. The Bertz CT molecular complexity index is 999. The molecule has 0 aliphatic heterocycles. The maximum Gasteiger partial charge on any atom is 0.255 e. The van der Waals surface area contributed by atoms with Gasteiger partial charge in [0.2, 0.25) is 11.8 Å². The van der Waals surface area contributed by atoms with Gasteiger partial charge in [-0.05, 0) is 54.6 Å². The second kappa shape index (κ2) is 8.05. The summed E-state index contributed by atoms with van der Waals surface area (Å²) in [6, 6.07) is 19.8. The smallest absolute Gasteiger partial charge is 0.255 e. The molecule has 0 aromatic heterocycles. The van der Waals surface area contributed by atoms with Crippen molar-refractivity contribution >= 4 is 23.4 Å². The minimum absolute atomic E-state index is 0.0678. The number of anilines is 1. The topological polar surface area (TPSA) is 125 Å². The first-order valence-corrected chi connectivity index (χ1v) is 8.31. The number of amides is 3. The van der Waals surface area contributed by atoms with Crippen molar-refractivity contribution in [2.75, 3.05) is 5.32 Å². The molecule has 0 aliphatic carbocycles. The first-order chi connectivity index (χ1) is 13.4. The van der Waals surface area contributed by atoms with Gasteiger partial charge in [-0.3, -0.25) is 14.4 Å². The number of hydrogen-bond acceptors (Lipinski definition) is 4. The molecule has 0 bridgehead atoms. The van der Waals surface area contributed by atoms with Crippen molar-refractivity contribution in [3.05, 3.63) is 89.5 Å². The van der Waals surface area contributed by atoms with E-state index >= 15 is 0 Å². The molecule has 0 atom stereocenters. The second-order valence-corrected chi connectivity index (χ2v) is 5.92. The van der Waals surface area contributed by atoms with E-state index in [4.69, 9.17) is 16.2 Å². The molecule has 0 saturated heterocycles. The molecule has 3 rings (SSSR count). The molecule has 3 amide bonds. The lowest BCUT2D eigenvalue weighted by atomic mass is 10.1. The van der Waals surface area contributed by atoms with Crippen molar-refractivity contribution in [3.8, 4) is 11.5 Å². The van der Waals surface area contributed by atoms with Gasteiger partial charge in [0, 0.05) is 22.4 Å². The van der Waals surface area contributed by atoms with Gasteiger partial charge in [0.15, 0.2) is 0 Å². The summed E-state index contributed by atoms with van der Waals surface area (Å²) in [5, 5.41) is 2.62. The van der Waals surface area contributed by atoms with Crippen molar-refractivity contribution in [2.45, 2.75) is 0 Å². The van der Waals surface area contributed by atoms with Crippen LogP contribution in [0.5, 0.6) is 11.5 Å². The summed E-state index contributed by atoms with van der Waals surface area (Å²) in [4.78, 5) is 35.3. The largest absolute Gasteiger partial charge is 0.457 e. The molecule has 140 valence electrons. The van der Waals surface area contributed by atoms with Gasteiger partial charge in [0.1, 0.15) is 11.5 Å². The molecule has 7 heteroatoms. The Morgan fingerprint density at radius 1 is 0.679 bits per heavy atom. The van der Waals surface area contributed by atoms with Gasteiger partial charge in [-0.25, -0.2) is 0 Å². The third-order valence-corrected chi connectivity index (χ3v) is 3.86. The summed E-state index contributed by atoms with van der Waals surface area (Å²) in [7, 11) is 0. The minimum atomic E-state index is -0.735. The van der Waals surface area contributed by atoms with E-state index in [1.165, 1.54) is 18.2 Å². The van der Waals surface area contributed by atoms with Crippen molar-refractivity contribution in [1.29, 1.82) is 0 Å². The van der Waals surface area contributed by atoms with Crippen molar-refractivity contribution in [1.82, 2.24) is 0 Å². The van der Waals surface area contributed by atoms with E-state index in [1.54, 1.807) is 24.3 Å². The summed E-state index contributed by atoms with van der Waals surface area (Å²) in [5.41, 5.74) is 11.2. The molecular weight excluding hydrogens is 358 g/mol. The predicted molar refractivity (Wildman–Crippen MR) is 104 cm³/mol. The molecule has 0 radical (unpaired) electrons. The normalized spacial score (nSPS) is 10.1. The number of para-hydroxylation sites is 1. The van der Waals surface area contributed by atoms with E-state index < -0.39 is 17.7 Å². The third-order valence-electron chi connectivity index (χ3n) is 3.86. The van der Waals surface area contributed by atoms with Gasteiger partial charge >= 0.3 is 0 Å². The Labute approximate surface area is 160 Å². The first kappa shape index (κ1) is 18.7. The quantitative estimate of drug-likeness (QED) is 0.612. The molecule has 5 N–H and O–H groups in total. The number of nitrogens with two attached hydrogens (primary N) is 2. The molecule has 0 aliphatic rings. The fourth-order valence-electron chi connectivity index (χ4n) is 2.49. The minimum Gasteiger partial charge on any atom is -0.457 e. The standard InChI is InChI=1S/C21H17N3O4/c22-19(25)14-10-15(20(23)26)12-16(11-14)24-21(27)13-6-8-18(9-7-13)28-17-4-2-1-3-5-17/h1-12H,(H2,22,25)(H2,23,26)(H,24,27). The monoisotopic (exact) mass is 375 g/mol. The van der Waals surface area contributed by atoms with Gasteiger partial charge in [0.05, 0.1) is 0 Å². The Kier molecular flexibility index (Phi) is 5.36. The zero-order valence-corrected chi connectivity index (χ0v) is 14.7. The van der Waals surface area contributed by atoms with Crippen LogP contribution in [-0.2, 0) is 0 Å². The van der Waals surface area contributed by atoms with E-state index in [-0.39, 0.29) is 16.8 Å². The van der Waals surface area contributed by atoms with Crippen LogP contribution in [0.1, 0.15) is 31.1 Å². The number of benzene rings is 3. The van der Waals surface area contributed by atoms with Crippen LogP contribution in [0.4, 0.5) is 5.69 Å². The van der Waals surface area contributed by atoms with Crippen molar-refractivity contribution in [2.24, 2.45) is 11.5 Å². The highest BCUT2D eigenvalue weighted by Crippen LogP contribution is 2.22. The number of primary amides is 2. The van der Waals surface area contributed by atoms with Gasteiger partial charge in [-0.2, -0.15) is 0 Å². The third kappa shape index (κ3) is 4.53. The SMILES string of the molecule is NC(=O)c1cc(NC(=O)c2ccc(Oc3ccccc3)cc2)cc(C(N)=O)c1. The molecule has 0 heterocycles. The number of carbonyl (C=O) groups excluding carboxylic acids is 3. The lowest BCUT2D eigenvalue weighted by Crippen LogP contribution is -2.18. The molecule has 0 spiro atoms. The van der Waals surface area contributed by atoms with Crippen molar-refractivity contribution in [3.63, 3.8) is 0 Å². The van der Waals surface area contributed by atoms with Crippen LogP contribution in [0.15, 0.2) is 72.8 Å². The maximum absolute atomic E-state index is 12.5. The summed E-state index contributed by atoms with van der Waals surface area (Å²) >= 11 is 0. The molecule has 0 fully saturated rings. The Hall–Kier alpha value is -4.13. The van der Waals surface area contributed by atoms with Gasteiger partial charge in [-0.15, -0.1) is 0 Å². The molecule has 7 nitrogen and oxygen atoms in total. The number of ether oxygens (including phenoxy) is 1. The summed E-state index contributed by atoms with van der Waals surface area (Å²) in [5.74, 6) is -0.637. The van der Waals surface area contributed by atoms with Crippen LogP contribution in [0, 0.1) is 0 Å². The lowest BCUT2D eigenvalue weighted by molar-refractivity contribution is 0.0994. The Morgan fingerprint density at radius 2 is 1.21 bits per heavy atom. The number of carbonyl (C=O) groups is 3. The second-order valence-electron chi connectivity index (χ2n) is 5.92. The van der Waals surface area contributed by atoms with Crippen LogP contribution in [0.3, 0.4) is 0 Å². The van der Waals surface area contributed by atoms with Crippen LogP contribution in [0.2, 0.25) is 0 Å². The van der Waals surface area contributed by atoms with Crippen molar-refractivity contribution < 1.29 is 19.1 Å². The molecule has 3 aromatic rings. The zero-order valence-electron chi connectivity index (χ0n) is 14.7. The number of rotatable bonds is 6. The van der Waals surface area contributed by atoms with Gasteiger partial charge in [0.25, 0.3) is 5.91 Å². The van der Waals surface area contributed by atoms with Gasteiger partial charge < -0.3 is 21.5 Å². The lowest BCUT2D eigenvalue weighted by Gasteiger charge is -2.09. The summed E-state index contributed by atoms with van der Waals surface area (Å²) in [6.45, 7) is 0. The van der Waals surface area contributed by atoms with E-state index in [0.29, 0.717) is 17.1 Å². The molecule has 0 saturated carbocycles. The first-order valence-electron chi connectivity index (χ1n) is 8.31. The fourth-order valence-corrected chi connectivity index (χ4v) is 2.49. The highest BCUT2D eigenvalue weighted by Gasteiger charge is 2.12. The van der Waals surface area contributed by atoms with E-state index in [2.05, 4.69) is 5.32 Å². The zero-order chi connectivity index (χ0) is 20.1. The highest BCUT2D eigenvalue weighted by atomic mass is 16.5. The number of nitrogens with one attached hydrogen (secondary N) is 1. The average Bonchev–Trinajstić information content (AvgIpc) is 2.69. The van der Waals surface area contributed by atoms with E-state index in [0.717, 1.165) is 0 Å². The Balaban J connectivity index is 1.76. The summed E-state index contributed by atoms with van der Waals surface area (Å²) in [6.07, 6.45) is 0. The van der Waals surface area contributed by atoms with E-state index in [9.17, 15) is 14.4 Å².